The third-order valence-corrected chi connectivity index (χ3v) is 4.60. The van der Waals surface area contributed by atoms with E-state index >= 15 is 0 Å². The van der Waals surface area contributed by atoms with Crippen molar-refractivity contribution in [1.29, 1.82) is 5.41 Å². The van der Waals surface area contributed by atoms with Gasteiger partial charge in [-0.3, -0.25) is 5.41 Å². The molecule has 3 rings (SSSR count). The fourth-order valence-corrected chi connectivity index (χ4v) is 3.29. The summed E-state index contributed by atoms with van der Waals surface area (Å²) in [5.74, 6) is -2.19. The predicted molar refractivity (Wildman–Crippen MR) is 103 cm³/mol. The number of rotatable bonds is 5. The van der Waals surface area contributed by atoms with E-state index in [1.807, 2.05) is 0 Å². The standard InChI is InChI=1S/C16H12ClFN4O3S.Na.H/c17-10-6-5-9(26-10)11-13(12(15(23)24)22-16(19)20)25-14(21-11)7-1-3-8(18)4-2-7;;/h1-6,12H,(H,23,24)(H4,19,20,22);;. The van der Waals surface area contributed by atoms with E-state index in [1.54, 1.807) is 12.1 Å². The molecule has 0 aliphatic heterocycles. The Labute approximate surface area is 184 Å². The van der Waals surface area contributed by atoms with Gasteiger partial charge in [0.2, 0.25) is 5.89 Å². The summed E-state index contributed by atoms with van der Waals surface area (Å²) in [4.78, 5) is 16.6. The molecule has 7 nitrogen and oxygen atoms in total. The molecule has 0 amide bonds. The van der Waals surface area contributed by atoms with Crippen LogP contribution in [-0.2, 0) is 4.79 Å². The summed E-state index contributed by atoms with van der Waals surface area (Å²) in [6, 6.07) is 7.30. The number of carboxylic acid groups (broad SMARTS) is 1. The summed E-state index contributed by atoms with van der Waals surface area (Å²) in [6.45, 7) is 0. The number of guanidine groups is 1. The van der Waals surface area contributed by atoms with Crippen LogP contribution in [0.15, 0.2) is 40.8 Å². The second-order valence-electron chi connectivity index (χ2n) is 5.17. The fourth-order valence-electron chi connectivity index (χ4n) is 2.26. The molecule has 0 aliphatic rings. The number of carboxylic acids is 1. The van der Waals surface area contributed by atoms with Gasteiger partial charge in [0.1, 0.15) is 11.5 Å². The Morgan fingerprint density at radius 3 is 2.52 bits per heavy atom. The summed E-state index contributed by atoms with van der Waals surface area (Å²) in [6.07, 6.45) is 0. The Hall–Kier alpha value is -1.91. The molecule has 11 heteroatoms. The molecular formula is C16H13ClFN4NaO3S. The quantitative estimate of drug-likeness (QED) is 0.287. The predicted octanol–water partition coefficient (Wildman–Crippen LogP) is 2.82. The molecule has 0 spiro atoms. The minimum absolute atomic E-state index is 0. The molecule has 0 radical (unpaired) electrons. The maximum absolute atomic E-state index is 13.1. The van der Waals surface area contributed by atoms with Crippen LogP contribution in [0.3, 0.4) is 0 Å². The van der Waals surface area contributed by atoms with Crippen molar-refractivity contribution in [1.82, 2.24) is 10.3 Å². The van der Waals surface area contributed by atoms with Crippen LogP contribution in [0.5, 0.6) is 0 Å². The average molecular weight is 419 g/mol. The first-order valence-electron chi connectivity index (χ1n) is 7.21. The Balaban J connectivity index is 0.00000261. The van der Waals surface area contributed by atoms with Crippen molar-refractivity contribution in [2.75, 3.05) is 0 Å². The Bertz CT molecular complexity index is 976. The van der Waals surface area contributed by atoms with E-state index in [2.05, 4.69) is 10.3 Å². The molecule has 2 heterocycles. The molecule has 3 aromatic rings. The first kappa shape index (κ1) is 21.4. The molecule has 1 aromatic carbocycles. The van der Waals surface area contributed by atoms with E-state index in [1.165, 1.54) is 35.6 Å². The number of nitrogens with two attached hydrogens (primary N) is 1. The fraction of sp³-hybridized carbons (Fsp3) is 0.0625. The average Bonchev–Trinajstić information content (AvgIpc) is 3.19. The molecule has 0 aliphatic carbocycles. The number of thiophene rings is 1. The van der Waals surface area contributed by atoms with Crippen LogP contribution in [0.25, 0.3) is 22.0 Å². The van der Waals surface area contributed by atoms with Gasteiger partial charge >= 0.3 is 35.5 Å². The number of hydrogen-bond donors (Lipinski definition) is 4. The number of aliphatic carboxylic acids is 1. The molecule has 1 unspecified atom stereocenters. The zero-order valence-corrected chi connectivity index (χ0v) is 14.6. The van der Waals surface area contributed by atoms with Crippen LogP contribution >= 0.6 is 22.9 Å². The number of nitrogens with one attached hydrogen (secondary N) is 2. The molecule has 2 aromatic heterocycles. The molecule has 136 valence electrons. The van der Waals surface area contributed by atoms with Gasteiger partial charge in [0.05, 0.1) is 9.21 Å². The van der Waals surface area contributed by atoms with Crippen molar-refractivity contribution >= 4 is 64.4 Å². The Morgan fingerprint density at radius 2 is 2.00 bits per heavy atom. The van der Waals surface area contributed by atoms with Gasteiger partial charge in [-0.15, -0.1) is 11.3 Å². The van der Waals surface area contributed by atoms with Gasteiger partial charge < -0.3 is 20.6 Å². The number of carbonyl (C=O) groups is 1. The van der Waals surface area contributed by atoms with Crippen LogP contribution < -0.4 is 11.1 Å². The Kier molecular flexibility index (Phi) is 7.01. The van der Waals surface area contributed by atoms with E-state index in [0.29, 0.717) is 14.8 Å². The summed E-state index contributed by atoms with van der Waals surface area (Å²) >= 11 is 7.15. The number of aromatic nitrogens is 1. The van der Waals surface area contributed by atoms with Crippen LogP contribution in [0, 0.1) is 11.2 Å². The SMILES string of the molecule is N=C(N)NC(C(=O)O)c1oc(-c2ccc(F)cc2)nc1-c1ccc(Cl)s1.[NaH]. The van der Waals surface area contributed by atoms with E-state index < -0.39 is 23.8 Å². The number of benzene rings is 1. The van der Waals surface area contributed by atoms with Crippen LogP contribution in [0.4, 0.5) is 4.39 Å². The third-order valence-electron chi connectivity index (χ3n) is 3.36. The van der Waals surface area contributed by atoms with Gasteiger partial charge in [-0.25, -0.2) is 14.2 Å². The molecular weight excluding hydrogens is 406 g/mol. The first-order chi connectivity index (χ1) is 12.3. The zero-order valence-electron chi connectivity index (χ0n) is 13.0. The molecule has 0 bridgehead atoms. The van der Waals surface area contributed by atoms with Gasteiger partial charge in [-0.1, -0.05) is 11.6 Å². The van der Waals surface area contributed by atoms with Crippen molar-refractivity contribution in [3.05, 3.63) is 52.3 Å². The molecule has 1 atom stereocenters. The zero-order chi connectivity index (χ0) is 18.8. The van der Waals surface area contributed by atoms with E-state index in [0.717, 1.165) is 0 Å². The topological polar surface area (TPSA) is 125 Å². The number of halogens is 2. The van der Waals surface area contributed by atoms with E-state index in [9.17, 15) is 14.3 Å². The second-order valence-corrected chi connectivity index (χ2v) is 6.89. The van der Waals surface area contributed by atoms with Gasteiger partial charge in [-0.2, -0.15) is 0 Å². The summed E-state index contributed by atoms with van der Waals surface area (Å²) < 4.78 is 19.3. The number of hydrogen-bond acceptors (Lipinski definition) is 5. The van der Waals surface area contributed by atoms with Crippen molar-refractivity contribution in [3.63, 3.8) is 0 Å². The normalized spacial score (nSPS) is 11.5. The van der Waals surface area contributed by atoms with E-state index in [4.69, 9.17) is 27.2 Å². The summed E-state index contributed by atoms with van der Waals surface area (Å²) in [5, 5.41) is 19.1. The summed E-state index contributed by atoms with van der Waals surface area (Å²) in [7, 11) is 0. The second kappa shape index (κ2) is 8.85. The number of oxazole rings is 1. The molecule has 0 saturated heterocycles. The van der Waals surface area contributed by atoms with Gasteiger partial charge in [0, 0.05) is 5.56 Å². The first-order valence-corrected chi connectivity index (χ1v) is 8.40. The van der Waals surface area contributed by atoms with Crippen molar-refractivity contribution < 1.29 is 18.7 Å². The van der Waals surface area contributed by atoms with E-state index in [-0.39, 0.29) is 46.9 Å². The van der Waals surface area contributed by atoms with Crippen LogP contribution in [0.2, 0.25) is 4.34 Å². The van der Waals surface area contributed by atoms with Crippen molar-refractivity contribution in [2.24, 2.45) is 5.73 Å². The molecule has 0 fully saturated rings. The van der Waals surface area contributed by atoms with Gasteiger partial charge in [0.25, 0.3) is 0 Å². The number of nitrogens with zero attached hydrogens (tertiary/aromatic N) is 1. The molecule has 5 N–H and O–H groups in total. The van der Waals surface area contributed by atoms with Crippen molar-refractivity contribution in [2.45, 2.75) is 6.04 Å². The Morgan fingerprint density at radius 1 is 1.33 bits per heavy atom. The molecule has 27 heavy (non-hydrogen) atoms. The van der Waals surface area contributed by atoms with Gasteiger partial charge in [-0.05, 0) is 36.4 Å². The van der Waals surface area contributed by atoms with Crippen LogP contribution in [0.1, 0.15) is 11.8 Å². The summed E-state index contributed by atoms with van der Waals surface area (Å²) in [5.41, 5.74) is 6.00. The third kappa shape index (κ3) is 4.88. The van der Waals surface area contributed by atoms with Crippen LogP contribution in [-0.4, -0.2) is 51.6 Å². The van der Waals surface area contributed by atoms with Gasteiger partial charge in [0.15, 0.2) is 17.8 Å². The monoisotopic (exact) mass is 418 g/mol. The minimum atomic E-state index is -1.43. The van der Waals surface area contributed by atoms with Crippen molar-refractivity contribution in [3.8, 4) is 22.0 Å². The maximum atomic E-state index is 13.1. The molecule has 0 saturated carbocycles.